The molecule has 0 aromatic heterocycles. The summed E-state index contributed by atoms with van der Waals surface area (Å²) >= 11 is 0. The number of benzene rings is 6. The van der Waals surface area contributed by atoms with Gasteiger partial charge in [0.15, 0.2) is 0 Å². The lowest BCUT2D eigenvalue weighted by molar-refractivity contribution is -0.137. The SMILES string of the molecule is Cc1cc2c(cc1-c1ccc3ccccc3c1)C(=NC#N)c1cc(-c3ccc4ccccc4c3)c(C(F)(F)F)cc1-2. The Hall–Kier alpha value is -5.21. The van der Waals surface area contributed by atoms with E-state index < -0.39 is 11.7 Å². The number of aryl methyl sites for hydroxylation is 1. The molecule has 0 spiro atoms. The Labute approximate surface area is 234 Å². The smallest absolute Gasteiger partial charge is 0.172 e. The summed E-state index contributed by atoms with van der Waals surface area (Å²) in [6.45, 7) is 1.96. The predicted molar refractivity (Wildman–Crippen MR) is 159 cm³/mol. The Bertz CT molecular complexity index is 2110. The van der Waals surface area contributed by atoms with Crippen LogP contribution in [0.1, 0.15) is 22.3 Å². The van der Waals surface area contributed by atoms with E-state index in [9.17, 15) is 18.4 Å². The van der Waals surface area contributed by atoms with Crippen LogP contribution < -0.4 is 0 Å². The molecule has 7 rings (SSSR count). The van der Waals surface area contributed by atoms with Crippen LogP contribution in [0.2, 0.25) is 0 Å². The fourth-order valence-corrected chi connectivity index (χ4v) is 5.96. The standard InChI is InChI=1S/C36H21F3N2/c1-21-14-30-31-19-34(36(37,38)39)29(27-13-11-23-7-3-5-9-25(23)16-27)18-33(31)35(41-20-40)32(30)17-28(21)26-12-10-22-6-2-4-8-24(22)15-26/h2-19H,1H3. The Kier molecular flexibility index (Phi) is 5.55. The van der Waals surface area contributed by atoms with Gasteiger partial charge in [-0.2, -0.15) is 23.4 Å². The minimum Gasteiger partial charge on any atom is -0.172 e. The monoisotopic (exact) mass is 538 g/mol. The molecule has 0 saturated carbocycles. The van der Waals surface area contributed by atoms with Gasteiger partial charge in [-0.1, -0.05) is 78.9 Å². The van der Waals surface area contributed by atoms with Crippen LogP contribution in [-0.2, 0) is 6.18 Å². The first-order valence-corrected chi connectivity index (χ1v) is 13.2. The van der Waals surface area contributed by atoms with E-state index >= 15 is 0 Å². The zero-order valence-corrected chi connectivity index (χ0v) is 21.9. The molecule has 6 aromatic rings. The molecule has 41 heavy (non-hydrogen) atoms. The Balaban J connectivity index is 1.45. The molecule has 0 atom stereocenters. The molecule has 1 aliphatic carbocycles. The molecule has 0 fully saturated rings. The summed E-state index contributed by atoms with van der Waals surface area (Å²) in [5, 5.41) is 13.6. The summed E-state index contributed by atoms with van der Waals surface area (Å²) in [4.78, 5) is 4.14. The third-order valence-electron chi connectivity index (χ3n) is 7.91. The van der Waals surface area contributed by atoms with Gasteiger partial charge in [0.25, 0.3) is 0 Å². The molecule has 196 valence electrons. The van der Waals surface area contributed by atoms with Crippen molar-refractivity contribution in [3.63, 3.8) is 0 Å². The topological polar surface area (TPSA) is 36.1 Å². The van der Waals surface area contributed by atoms with Crippen molar-refractivity contribution in [2.24, 2.45) is 4.99 Å². The third-order valence-corrected chi connectivity index (χ3v) is 7.91. The number of fused-ring (bicyclic) bond motifs is 5. The van der Waals surface area contributed by atoms with Crippen LogP contribution >= 0.6 is 0 Å². The first kappa shape index (κ1) is 24.8. The number of halogens is 3. The second-order valence-electron chi connectivity index (χ2n) is 10.3. The van der Waals surface area contributed by atoms with Crippen molar-refractivity contribution in [3.05, 3.63) is 131 Å². The normalized spacial score (nSPS) is 13.4. The highest BCUT2D eigenvalue weighted by atomic mass is 19.4. The van der Waals surface area contributed by atoms with Gasteiger partial charge in [-0.05, 0) is 97.7 Å². The van der Waals surface area contributed by atoms with Gasteiger partial charge in [0.1, 0.15) is 0 Å². The molecular formula is C36H21F3N2. The predicted octanol–water partition coefficient (Wildman–Crippen LogP) is 9.95. The maximum atomic E-state index is 14.5. The molecule has 0 aliphatic heterocycles. The summed E-state index contributed by atoms with van der Waals surface area (Å²) < 4.78 is 43.6. The molecule has 0 amide bonds. The lowest BCUT2D eigenvalue weighted by atomic mass is 9.91. The maximum absolute atomic E-state index is 14.5. The van der Waals surface area contributed by atoms with Crippen molar-refractivity contribution in [2.45, 2.75) is 13.1 Å². The summed E-state index contributed by atoms with van der Waals surface area (Å²) in [7, 11) is 0. The summed E-state index contributed by atoms with van der Waals surface area (Å²) in [6.07, 6.45) is -2.69. The van der Waals surface area contributed by atoms with Crippen LogP contribution in [0.15, 0.2) is 114 Å². The number of hydrogen-bond acceptors (Lipinski definition) is 2. The minimum atomic E-state index is -4.58. The fourth-order valence-electron chi connectivity index (χ4n) is 5.96. The maximum Gasteiger partial charge on any atom is 0.417 e. The van der Waals surface area contributed by atoms with Gasteiger partial charge in [0.05, 0.1) is 11.3 Å². The molecule has 0 heterocycles. The van der Waals surface area contributed by atoms with Gasteiger partial charge < -0.3 is 0 Å². The van der Waals surface area contributed by atoms with Crippen LogP contribution in [0.3, 0.4) is 0 Å². The third kappa shape index (κ3) is 4.08. The quantitative estimate of drug-likeness (QED) is 0.202. The van der Waals surface area contributed by atoms with Crippen molar-refractivity contribution in [3.8, 4) is 39.6 Å². The number of rotatable bonds is 2. The van der Waals surface area contributed by atoms with Gasteiger partial charge >= 0.3 is 6.18 Å². The van der Waals surface area contributed by atoms with Crippen molar-refractivity contribution in [1.82, 2.24) is 0 Å². The van der Waals surface area contributed by atoms with Crippen LogP contribution in [0.4, 0.5) is 13.2 Å². The highest BCUT2D eigenvalue weighted by Crippen LogP contribution is 2.47. The summed E-state index contributed by atoms with van der Waals surface area (Å²) in [5.74, 6) is 0. The number of hydrogen-bond donors (Lipinski definition) is 0. The van der Waals surface area contributed by atoms with E-state index in [4.69, 9.17) is 0 Å². The van der Waals surface area contributed by atoms with E-state index in [0.717, 1.165) is 38.2 Å². The molecule has 5 heteroatoms. The van der Waals surface area contributed by atoms with Gasteiger partial charge in [-0.3, -0.25) is 0 Å². The first-order chi connectivity index (χ1) is 19.8. The number of aliphatic imine (C=N–C) groups is 1. The number of nitrogens with zero attached hydrogens (tertiary/aromatic N) is 2. The van der Waals surface area contributed by atoms with Gasteiger partial charge in [0.2, 0.25) is 6.19 Å². The largest absolute Gasteiger partial charge is 0.417 e. The Morgan fingerprint density at radius 2 is 1.07 bits per heavy atom. The Morgan fingerprint density at radius 3 is 1.63 bits per heavy atom. The molecule has 2 nitrogen and oxygen atoms in total. The lowest BCUT2D eigenvalue weighted by Gasteiger charge is -2.16. The average molecular weight is 539 g/mol. The molecule has 0 N–H and O–H groups in total. The van der Waals surface area contributed by atoms with Crippen LogP contribution in [0.5, 0.6) is 0 Å². The first-order valence-electron chi connectivity index (χ1n) is 13.2. The lowest BCUT2D eigenvalue weighted by Crippen LogP contribution is -2.09. The molecule has 6 aromatic carbocycles. The molecular weight excluding hydrogens is 517 g/mol. The minimum absolute atomic E-state index is 0.0620. The van der Waals surface area contributed by atoms with Crippen LogP contribution in [0, 0.1) is 18.4 Å². The van der Waals surface area contributed by atoms with E-state index in [1.807, 2.05) is 85.9 Å². The summed E-state index contributed by atoms with van der Waals surface area (Å²) in [5.41, 5.74) is 5.30. The highest BCUT2D eigenvalue weighted by molar-refractivity contribution is 6.26. The molecule has 0 saturated heterocycles. The molecule has 0 unspecified atom stereocenters. The van der Waals surface area contributed by atoms with E-state index in [2.05, 4.69) is 17.1 Å². The fraction of sp³-hybridized carbons (Fsp3) is 0.0556. The number of alkyl halides is 3. The van der Waals surface area contributed by atoms with E-state index in [1.54, 1.807) is 18.2 Å². The molecule has 0 radical (unpaired) electrons. The molecule has 0 bridgehead atoms. The van der Waals surface area contributed by atoms with Crippen molar-refractivity contribution < 1.29 is 13.2 Å². The van der Waals surface area contributed by atoms with Gasteiger partial charge in [-0.25, -0.2) is 0 Å². The van der Waals surface area contributed by atoms with Crippen molar-refractivity contribution in [2.75, 3.05) is 0 Å². The van der Waals surface area contributed by atoms with Gasteiger partial charge in [0, 0.05) is 11.1 Å². The highest BCUT2D eigenvalue weighted by Gasteiger charge is 2.37. The van der Waals surface area contributed by atoms with Crippen molar-refractivity contribution >= 4 is 27.3 Å². The van der Waals surface area contributed by atoms with E-state index in [0.29, 0.717) is 33.5 Å². The van der Waals surface area contributed by atoms with Crippen LogP contribution in [-0.4, -0.2) is 5.71 Å². The van der Waals surface area contributed by atoms with Gasteiger partial charge in [-0.15, -0.1) is 0 Å². The van der Waals surface area contributed by atoms with Crippen molar-refractivity contribution in [1.29, 1.82) is 5.26 Å². The zero-order chi connectivity index (χ0) is 28.3. The van der Waals surface area contributed by atoms with E-state index in [-0.39, 0.29) is 5.56 Å². The zero-order valence-electron chi connectivity index (χ0n) is 21.9. The number of nitriles is 1. The van der Waals surface area contributed by atoms with E-state index in [1.165, 1.54) is 6.07 Å². The summed E-state index contributed by atoms with van der Waals surface area (Å²) in [6, 6.07) is 33.8. The second-order valence-corrected chi connectivity index (χ2v) is 10.3. The average Bonchev–Trinajstić information content (AvgIpc) is 3.26. The van der Waals surface area contributed by atoms with Crippen LogP contribution in [0.25, 0.3) is 54.9 Å². The molecule has 1 aliphatic rings. The Morgan fingerprint density at radius 1 is 0.561 bits per heavy atom. The second kappa shape index (κ2) is 9.18.